The Kier molecular flexibility index (Phi) is 2.69. The lowest BCUT2D eigenvalue weighted by Crippen LogP contribution is -2.17. The fourth-order valence-electron chi connectivity index (χ4n) is 3.00. The molecule has 1 aliphatic rings. The molecular formula is C17H17N3. The molecule has 1 aliphatic heterocycles. The third kappa shape index (κ3) is 1.86. The molecule has 1 saturated heterocycles. The van der Waals surface area contributed by atoms with Gasteiger partial charge in [-0.1, -0.05) is 30.3 Å². The second-order valence-corrected chi connectivity index (χ2v) is 5.35. The molecule has 100 valence electrons. The molecule has 3 nitrogen and oxygen atoms in total. The summed E-state index contributed by atoms with van der Waals surface area (Å²) in [5, 5.41) is 1.21. The maximum absolute atomic E-state index is 4.57. The van der Waals surface area contributed by atoms with Gasteiger partial charge in [-0.3, -0.25) is 0 Å². The van der Waals surface area contributed by atoms with Crippen molar-refractivity contribution < 1.29 is 0 Å². The van der Waals surface area contributed by atoms with Crippen LogP contribution in [0.25, 0.3) is 22.2 Å². The summed E-state index contributed by atoms with van der Waals surface area (Å²) >= 11 is 0. The summed E-state index contributed by atoms with van der Waals surface area (Å²) in [7, 11) is 0. The fraction of sp³-hybridized carbons (Fsp3) is 0.235. The summed E-state index contributed by atoms with van der Waals surface area (Å²) in [6.45, 7) is 2.30. The smallest absolute Gasteiger partial charge is 0.138 e. The van der Waals surface area contributed by atoms with E-state index in [1.54, 1.807) is 0 Å². The molecule has 3 heterocycles. The van der Waals surface area contributed by atoms with E-state index in [0.29, 0.717) is 0 Å². The Morgan fingerprint density at radius 2 is 1.85 bits per heavy atom. The lowest BCUT2D eigenvalue weighted by Gasteiger charge is -2.17. The molecule has 0 amide bonds. The summed E-state index contributed by atoms with van der Waals surface area (Å²) < 4.78 is 0. The number of nitrogens with zero attached hydrogens (tertiary/aromatic N) is 2. The first kappa shape index (κ1) is 11.5. The molecule has 20 heavy (non-hydrogen) atoms. The molecule has 1 aromatic carbocycles. The van der Waals surface area contributed by atoms with E-state index in [1.807, 2.05) is 12.3 Å². The zero-order chi connectivity index (χ0) is 13.4. The molecule has 0 spiro atoms. The Balaban J connectivity index is 1.84. The summed E-state index contributed by atoms with van der Waals surface area (Å²) in [5.41, 5.74) is 4.67. The third-order valence-electron chi connectivity index (χ3n) is 4.07. The van der Waals surface area contributed by atoms with Crippen LogP contribution in [0.4, 0.5) is 5.69 Å². The minimum absolute atomic E-state index is 0.965. The number of hydrogen-bond acceptors (Lipinski definition) is 2. The number of anilines is 1. The van der Waals surface area contributed by atoms with Crippen molar-refractivity contribution in [2.24, 2.45) is 0 Å². The van der Waals surface area contributed by atoms with Crippen molar-refractivity contribution in [3.63, 3.8) is 0 Å². The number of H-pyrrole nitrogens is 1. The first-order chi connectivity index (χ1) is 9.92. The number of pyridine rings is 1. The summed E-state index contributed by atoms with van der Waals surface area (Å²) in [6, 6.07) is 12.8. The van der Waals surface area contributed by atoms with Gasteiger partial charge in [-0.05, 0) is 24.5 Å². The molecule has 0 saturated carbocycles. The second kappa shape index (κ2) is 4.67. The highest BCUT2D eigenvalue weighted by atomic mass is 15.1. The van der Waals surface area contributed by atoms with E-state index in [2.05, 4.69) is 51.4 Å². The maximum Gasteiger partial charge on any atom is 0.138 e. The summed E-state index contributed by atoms with van der Waals surface area (Å²) in [4.78, 5) is 10.3. The van der Waals surface area contributed by atoms with Gasteiger partial charge < -0.3 is 9.88 Å². The number of hydrogen-bond donors (Lipinski definition) is 1. The van der Waals surface area contributed by atoms with Crippen LogP contribution in [0.15, 0.2) is 48.8 Å². The standard InChI is InChI=1S/C17H17N3/c1-2-6-13(7-3-1)16-12-19-17-15(16)10-14(11-18-17)20-8-4-5-9-20/h1-3,6-7,10-12H,4-5,8-9H2,(H,18,19). The van der Waals surface area contributed by atoms with Crippen LogP contribution in [-0.4, -0.2) is 23.1 Å². The molecular weight excluding hydrogens is 246 g/mol. The van der Waals surface area contributed by atoms with Crippen LogP contribution in [0, 0.1) is 0 Å². The Labute approximate surface area is 118 Å². The molecule has 3 aromatic rings. The van der Waals surface area contributed by atoms with Crippen LogP contribution < -0.4 is 4.90 Å². The normalized spacial score (nSPS) is 15.1. The number of fused-ring (bicyclic) bond motifs is 1. The van der Waals surface area contributed by atoms with Crippen molar-refractivity contribution >= 4 is 16.7 Å². The molecule has 2 aromatic heterocycles. The van der Waals surface area contributed by atoms with Crippen molar-refractivity contribution in [2.75, 3.05) is 18.0 Å². The molecule has 3 heteroatoms. The van der Waals surface area contributed by atoms with Crippen molar-refractivity contribution in [1.82, 2.24) is 9.97 Å². The zero-order valence-electron chi connectivity index (χ0n) is 11.3. The van der Waals surface area contributed by atoms with Crippen LogP contribution in [-0.2, 0) is 0 Å². The van der Waals surface area contributed by atoms with E-state index in [0.717, 1.165) is 18.7 Å². The Morgan fingerprint density at radius 3 is 2.65 bits per heavy atom. The van der Waals surface area contributed by atoms with Gasteiger partial charge in [0, 0.05) is 30.2 Å². The highest BCUT2D eigenvalue weighted by Gasteiger charge is 2.14. The lowest BCUT2D eigenvalue weighted by molar-refractivity contribution is 0.949. The Morgan fingerprint density at radius 1 is 1.05 bits per heavy atom. The van der Waals surface area contributed by atoms with Gasteiger partial charge >= 0.3 is 0 Å². The van der Waals surface area contributed by atoms with Crippen LogP contribution >= 0.6 is 0 Å². The van der Waals surface area contributed by atoms with Crippen molar-refractivity contribution in [3.05, 3.63) is 48.8 Å². The Bertz CT molecular complexity index is 724. The SMILES string of the molecule is c1ccc(-c2c[nH]c3ncc(N4CCCC4)cc23)cc1. The first-order valence-electron chi connectivity index (χ1n) is 7.19. The second-order valence-electron chi connectivity index (χ2n) is 5.35. The number of nitrogens with one attached hydrogen (secondary N) is 1. The minimum atomic E-state index is 0.965. The van der Waals surface area contributed by atoms with E-state index in [1.165, 1.54) is 35.0 Å². The lowest BCUT2D eigenvalue weighted by atomic mass is 10.1. The molecule has 0 unspecified atom stereocenters. The van der Waals surface area contributed by atoms with Crippen LogP contribution in [0.1, 0.15) is 12.8 Å². The summed E-state index contributed by atoms with van der Waals surface area (Å²) in [6.07, 6.45) is 6.62. The minimum Gasteiger partial charge on any atom is -0.370 e. The average molecular weight is 263 g/mol. The monoisotopic (exact) mass is 263 g/mol. The van der Waals surface area contributed by atoms with Crippen molar-refractivity contribution in [1.29, 1.82) is 0 Å². The van der Waals surface area contributed by atoms with E-state index >= 15 is 0 Å². The van der Waals surface area contributed by atoms with Gasteiger partial charge in [0.2, 0.25) is 0 Å². The first-order valence-corrected chi connectivity index (χ1v) is 7.19. The topological polar surface area (TPSA) is 31.9 Å². The number of rotatable bonds is 2. The van der Waals surface area contributed by atoms with E-state index < -0.39 is 0 Å². The quantitative estimate of drug-likeness (QED) is 0.762. The molecule has 1 fully saturated rings. The number of aromatic nitrogens is 2. The van der Waals surface area contributed by atoms with Crippen LogP contribution in [0.5, 0.6) is 0 Å². The van der Waals surface area contributed by atoms with Gasteiger partial charge in [0.25, 0.3) is 0 Å². The van der Waals surface area contributed by atoms with E-state index in [-0.39, 0.29) is 0 Å². The predicted octanol–water partition coefficient (Wildman–Crippen LogP) is 3.83. The van der Waals surface area contributed by atoms with Gasteiger partial charge in [0.15, 0.2) is 0 Å². The highest BCUT2D eigenvalue weighted by molar-refractivity contribution is 5.95. The van der Waals surface area contributed by atoms with Crippen LogP contribution in [0.2, 0.25) is 0 Å². The number of aromatic amines is 1. The van der Waals surface area contributed by atoms with Gasteiger partial charge in [-0.15, -0.1) is 0 Å². The molecule has 0 bridgehead atoms. The highest BCUT2D eigenvalue weighted by Crippen LogP contribution is 2.31. The number of benzene rings is 1. The largest absolute Gasteiger partial charge is 0.370 e. The van der Waals surface area contributed by atoms with Crippen molar-refractivity contribution in [3.8, 4) is 11.1 Å². The molecule has 1 N–H and O–H groups in total. The molecule has 0 atom stereocenters. The fourth-order valence-corrected chi connectivity index (χ4v) is 3.00. The third-order valence-corrected chi connectivity index (χ3v) is 4.07. The molecule has 0 aliphatic carbocycles. The maximum atomic E-state index is 4.57. The van der Waals surface area contributed by atoms with Crippen LogP contribution in [0.3, 0.4) is 0 Å². The molecule has 4 rings (SSSR count). The van der Waals surface area contributed by atoms with Gasteiger partial charge in [0.1, 0.15) is 5.65 Å². The average Bonchev–Trinajstić information content (AvgIpc) is 3.17. The van der Waals surface area contributed by atoms with Gasteiger partial charge in [-0.2, -0.15) is 0 Å². The van der Waals surface area contributed by atoms with E-state index in [9.17, 15) is 0 Å². The molecule has 0 radical (unpaired) electrons. The summed E-state index contributed by atoms with van der Waals surface area (Å²) in [5.74, 6) is 0. The zero-order valence-corrected chi connectivity index (χ0v) is 11.3. The van der Waals surface area contributed by atoms with E-state index in [4.69, 9.17) is 0 Å². The van der Waals surface area contributed by atoms with Crippen molar-refractivity contribution in [2.45, 2.75) is 12.8 Å². The van der Waals surface area contributed by atoms with Gasteiger partial charge in [-0.25, -0.2) is 4.98 Å². The Hall–Kier alpha value is -2.29. The predicted molar refractivity (Wildman–Crippen MR) is 83.0 cm³/mol. The van der Waals surface area contributed by atoms with Gasteiger partial charge in [0.05, 0.1) is 11.9 Å².